The Morgan fingerprint density at radius 3 is 2.33 bits per heavy atom. The maximum absolute atomic E-state index is 12.7. The predicted octanol–water partition coefficient (Wildman–Crippen LogP) is 1.59. The fourth-order valence-corrected chi connectivity index (χ4v) is 1.82. The summed E-state index contributed by atoms with van der Waals surface area (Å²) in [7, 11) is 5.39. The average Bonchev–Trinajstić information content (AvgIpc) is 2.36. The minimum Gasteiger partial charge on any atom is -0.365 e. The second kappa shape index (κ2) is 6.75. The summed E-state index contributed by atoms with van der Waals surface area (Å²) in [5, 5.41) is 0. The van der Waals surface area contributed by atoms with E-state index in [1.807, 2.05) is 19.0 Å². The number of alkyl halides is 3. The summed E-state index contributed by atoms with van der Waals surface area (Å²) in [5.41, 5.74) is 4.14. The summed E-state index contributed by atoms with van der Waals surface area (Å²) >= 11 is 0. The molecule has 0 aromatic carbocycles. The number of hydrogen-bond donors (Lipinski definition) is 1. The first-order valence-corrected chi connectivity index (χ1v) is 6.37. The van der Waals surface area contributed by atoms with Gasteiger partial charge in [0.05, 0.1) is 5.56 Å². The highest BCUT2D eigenvalue weighted by atomic mass is 19.4. The number of hydrogen-bond acceptors (Lipinski definition) is 4. The molecule has 5 nitrogen and oxygen atoms in total. The molecule has 1 aromatic heterocycles. The third-order valence-electron chi connectivity index (χ3n) is 2.89. The van der Waals surface area contributed by atoms with Gasteiger partial charge in [-0.3, -0.25) is 4.79 Å². The highest BCUT2D eigenvalue weighted by Crippen LogP contribution is 2.30. The lowest BCUT2D eigenvalue weighted by atomic mass is 10.2. The number of carbonyl (C=O) groups is 1. The van der Waals surface area contributed by atoms with Crippen LogP contribution in [0.1, 0.15) is 22.5 Å². The maximum Gasteiger partial charge on any atom is 0.433 e. The Morgan fingerprint density at radius 1 is 1.24 bits per heavy atom. The van der Waals surface area contributed by atoms with Crippen LogP contribution in [0.5, 0.6) is 0 Å². The fourth-order valence-electron chi connectivity index (χ4n) is 1.82. The predicted molar refractivity (Wildman–Crippen MR) is 74.2 cm³/mol. The van der Waals surface area contributed by atoms with Crippen LogP contribution in [-0.2, 0) is 6.18 Å². The van der Waals surface area contributed by atoms with Gasteiger partial charge in [0.25, 0.3) is 5.91 Å². The summed E-state index contributed by atoms with van der Waals surface area (Å²) in [4.78, 5) is 18.4. The smallest absolute Gasteiger partial charge is 0.365 e. The molecule has 0 aliphatic rings. The van der Waals surface area contributed by atoms with E-state index in [0.717, 1.165) is 25.1 Å². The van der Waals surface area contributed by atoms with Crippen LogP contribution in [0.4, 0.5) is 19.0 Å². The van der Waals surface area contributed by atoms with Crippen molar-refractivity contribution < 1.29 is 18.0 Å². The van der Waals surface area contributed by atoms with Crippen LogP contribution < -0.4 is 10.6 Å². The Hall–Kier alpha value is -1.83. The van der Waals surface area contributed by atoms with Crippen molar-refractivity contribution in [3.05, 3.63) is 23.4 Å². The van der Waals surface area contributed by atoms with E-state index in [1.54, 1.807) is 7.05 Å². The summed E-state index contributed by atoms with van der Waals surface area (Å²) in [5.74, 6) is -0.846. The summed E-state index contributed by atoms with van der Waals surface area (Å²) in [6.07, 6.45) is -3.84. The number of halogens is 3. The molecule has 0 aliphatic carbocycles. The molecule has 0 unspecified atom stereocenters. The molecular weight excluding hydrogens is 285 g/mol. The molecule has 0 bridgehead atoms. The van der Waals surface area contributed by atoms with Crippen LogP contribution in [0.3, 0.4) is 0 Å². The molecule has 2 N–H and O–H groups in total. The van der Waals surface area contributed by atoms with E-state index in [-0.39, 0.29) is 11.4 Å². The zero-order valence-electron chi connectivity index (χ0n) is 12.2. The van der Waals surface area contributed by atoms with Crippen molar-refractivity contribution in [1.82, 2.24) is 9.88 Å². The zero-order valence-corrected chi connectivity index (χ0v) is 12.2. The molecule has 8 heteroatoms. The Bertz CT molecular complexity index is 503. The number of nitrogens with zero attached hydrogens (tertiary/aromatic N) is 3. The number of rotatable bonds is 6. The Labute approximate surface area is 121 Å². The number of amides is 1. The lowest BCUT2D eigenvalue weighted by Gasteiger charge is -2.22. The normalized spacial score (nSPS) is 11.8. The van der Waals surface area contributed by atoms with Crippen LogP contribution in [0.2, 0.25) is 0 Å². The molecule has 0 saturated carbocycles. The van der Waals surface area contributed by atoms with E-state index in [9.17, 15) is 18.0 Å². The van der Waals surface area contributed by atoms with Gasteiger partial charge < -0.3 is 15.5 Å². The molecule has 0 spiro atoms. The molecule has 21 heavy (non-hydrogen) atoms. The SMILES string of the molecule is CN(C)CCCN(C)c1nc(C(F)(F)F)ccc1C(N)=O. The molecule has 118 valence electrons. The maximum atomic E-state index is 12.7. The molecule has 1 aromatic rings. The molecule has 1 heterocycles. The van der Waals surface area contributed by atoms with E-state index in [0.29, 0.717) is 6.54 Å². The first-order valence-electron chi connectivity index (χ1n) is 6.37. The van der Waals surface area contributed by atoms with Gasteiger partial charge in [0.1, 0.15) is 11.5 Å². The molecule has 1 amide bonds. The third-order valence-corrected chi connectivity index (χ3v) is 2.89. The summed E-state index contributed by atoms with van der Waals surface area (Å²) in [6, 6.07) is 1.83. The van der Waals surface area contributed by atoms with Gasteiger partial charge >= 0.3 is 6.18 Å². The molecule has 0 aliphatic heterocycles. The van der Waals surface area contributed by atoms with Crippen molar-refractivity contribution in [2.75, 3.05) is 39.1 Å². The van der Waals surface area contributed by atoms with Gasteiger partial charge in [-0.25, -0.2) is 4.98 Å². The standard InChI is InChI=1S/C13H19F3N4O/c1-19(2)7-4-8-20(3)12-9(11(17)21)5-6-10(18-12)13(14,15)16/h5-6H,4,7-8H2,1-3H3,(H2,17,21). The van der Waals surface area contributed by atoms with E-state index in [1.165, 1.54) is 4.90 Å². The number of nitrogens with two attached hydrogens (primary N) is 1. The van der Waals surface area contributed by atoms with Crippen LogP contribution in [0.15, 0.2) is 12.1 Å². The van der Waals surface area contributed by atoms with Gasteiger partial charge in [-0.1, -0.05) is 0 Å². The molecule has 0 fully saturated rings. The number of aromatic nitrogens is 1. The average molecular weight is 304 g/mol. The zero-order chi connectivity index (χ0) is 16.2. The van der Waals surface area contributed by atoms with Crippen molar-refractivity contribution in [2.24, 2.45) is 5.73 Å². The van der Waals surface area contributed by atoms with Gasteiger partial charge in [-0.05, 0) is 39.2 Å². The minimum absolute atomic E-state index is 0.0182. The largest absolute Gasteiger partial charge is 0.433 e. The number of primary amides is 1. The minimum atomic E-state index is -4.56. The van der Waals surface area contributed by atoms with Crippen LogP contribution in [0, 0.1) is 0 Å². The van der Waals surface area contributed by atoms with E-state index < -0.39 is 17.8 Å². The van der Waals surface area contributed by atoms with E-state index in [4.69, 9.17) is 5.73 Å². The quantitative estimate of drug-likeness (QED) is 0.867. The molecule has 1 rings (SSSR count). The van der Waals surface area contributed by atoms with Crippen LogP contribution in [0.25, 0.3) is 0 Å². The first-order chi connectivity index (χ1) is 9.62. The topological polar surface area (TPSA) is 62.5 Å². The van der Waals surface area contributed by atoms with Crippen LogP contribution >= 0.6 is 0 Å². The lowest BCUT2D eigenvalue weighted by molar-refractivity contribution is -0.141. The van der Waals surface area contributed by atoms with Crippen molar-refractivity contribution in [2.45, 2.75) is 12.6 Å². The second-order valence-corrected chi connectivity index (χ2v) is 5.01. The van der Waals surface area contributed by atoms with Crippen molar-refractivity contribution in [3.63, 3.8) is 0 Å². The van der Waals surface area contributed by atoms with Gasteiger partial charge in [0.15, 0.2) is 0 Å². The fraction of sp³-hybridized carbons (Fsp3) is 0.538. The van der Waals surface area contributed by atoms with Crippen LogP contribution in [-0.4, -0.2) is 50.0 Å². The number of carbonyl (C=O) groups excluding carboxylic acids is 1. The number of pyridine rings is 1. The summed E-state index contributed by atoms with van der Waals surface area (Å²) in [6.45, 7) is 1.24. The Balaban J connectivity index is 3.03. The van der Waals surface area contributed by atoms with Crippen molar-refractivity contribution in [1.29, 1.82) is 0 Å². The highest BCUT2D eigenvalue weighted by molar-refractivity contribution is 5.97. The highest BCUT2D eigenvalue weighted by Gasteiger charge is 2.33. The molecule has 0 saturated heterocycles. The first kappa shape index (κ1) is 17.2. The third kappa shape index (κ3) is 4.89. The Morgan fingerprint density at radius 2 is 1.86 bits per heavy atom. The van der Waals surface area contributed by atoms with E-state index in [2.05, 4.69) is 4.98 Å². The Kier molecular flexibility index (Phi) is 5.54. The van der Waals surface area contributed by atoms with Crippen molar-refractivity contribution >= 4 is 11.7 Å². The van der Waals surface area contributed by atoms with E-state index >= 15 is 0 Å². The molecule has 0 radical (unpaired) electrons. The monoisotopic (exact) mass is 304 g/mol. The summed E-state index contributed by atoms with van der Waals surface area (Å²) < 4.78 is 38.2. The van der Waals surface area contributed by atoms with Gasteiger partial charge in [-0.2, -0.15) is 13.2 Å². The van der Waals surface area contributed by atoms with Gasteiger partial charge in [0.2, 0.25) is 0 Å². The van der Waals surface area contributed by atoms with Crippen molar-refractivity contribution in [3.8, 4) is 0 Å². The van der Waals surface area contributed by atoms with Gasteiger partial charge in [-0.15, -0.1) is 0 Å². The molecular formula is C13H19F3N4O. The van der Waals surface area contributed by atoms with Gasteiger partial charge in [0, 0.05) is 13.6 Å². The number of anilines is 1. The lowest BCUT2D eigenvalue weighted by Crippen LogP contribution is -2.28. The molecule has 0 atom stereocenters. The second-order valence-electron chi connectivity index (χ2n) is 5.01.